The van der Waals surface area contributed by atoms with Gasteiger partial charge in [0.1, 0.15) is 0 Å². The smallest absolute Gasteiger partial charge is 0.224 e. The van der Waals surface area contributed by atoms with Crippen LogP contribution in [0.5, 0.6) is 0 Å². The molecule has 0 saturated carbocycles. The molecule has 1 amide bonds. The van der Waals surface area contributed by atoms with E-state index in [0.29, 0.717) is 12.5 Å². The van der Waals surface area contributed by atoms with Crippen LogP contribution in [0.15, 0.2) is 18.2 Å². The van der Waals surface area contributed by atoms with Gasteiger partial charge in [-0.3, -0.25) is 4.79 Å². The first-order chi connectivity index (χ1) is 8.56. The number of aryl methyl sites for hydroxylation is 1. The quantitative estimate of drug-likeness (QED) is 0.885. The first kappa shape index (κ1) is 13.1. The number of benzene rings is 1. The van der Waals surface area contributed by atoms with Gasteiger partial charge in [-0.1, -0.05) is 12.1 Å². The third kappa shape index (κ3) is 3.10. The van der Waals surface area contributed by atoms with Crippen molar-refractivity contribution in [2.75, 3.05) is 18.9 Å². The Balaban J connectivity index is 2.01. The average Bonchev–Trinajstić information content (AvgIpc) is 2.35. The highest BCUT2D eigenvalue weighted by molar-refractivity contribution is 5.93. The highest BCUT2D eigenvalue weighted by atomic mass is 16.1. The summed E-state index contributed by atoms with van der Waals surface area (Å²) >= 11 is 0. The van der Waals surface area contributed by atoms with E-state index >= 15 is 0 Å². The molecule has 0 saturated heterocycles. The summed E-state index contributed by atoms with van der Waals surface area (Å²) in [7, 11) is 2.16. The standard InChI is InChI=1S/C15H22N2O/c1-11(2)17(3)9-8-12-4-6-14-13(10-12)5-7-15(18)16-14/h4,6,10-11H,5,7-9H2,1-3H3,(H,16,18). The predicted molar refractivity (Wildman–Crippen MR) is 74.9 cm³/mol. The number of amides is 1. The number of likely N-dealkylation sites (N-methyl/N-ethyl adjacent to an activating group) is 1. The van der Waals surface area contributed by atoms with Crippen LogP contribution < -0.4 is 5.32 Å². The molecule has 18 heavy (non-hydrogen) atoms. The summed E-state index contributed by atoms with van der Waals surface area (Å²) in [6, 6.07) is 6.99. The van der Waals surface area contributed by atoms with Gasteiger partial charge in [-0.2, -0.15) is 0 Å². The number of hydrogen-bond acceptors (Lipinski definition) is 2. The molecule has 3 heteroatoms. The Bertz CT molecular complexity index is 440. The molecule has 2 rings (SSSR count). The zero-order chi connectivity index (χ0) is 13.1. The van der Waals surface area contributed by atoms with E-state index in [1.165, 1.54) is 11.1 Å². The fraction of sp³-hybridized carbons (Fsp3) is 0.533. The van der Waals surface area contributed by atoms with E-state index < -0.39 is 0 Å². The van der Waals surface area contributed by atoms with Crippen molar-refractivity contribution in [1.29, 1.82) is 0 Å². The largest absolute Gasteiger partial charge is 0.326 e. The summed E-state index contributed by atoms with van der Waals surface area (Å²) in [4.78, 5) is 13.6. The lowest BCUT2D eigenvalue weighted by Gasteiger charge is -2.22. The Labute approximate surface area is 109 Å². The zero-order valence-electron chi connectivity index (χ0n) is 11.5. The highest BCUT2D eigenvalue weighted by Crippen LogP contribution is 2.23. The van der Waals surface area contributed by atoms with Gasteiger partial charge in [-0.15, -0.1) is 0 Å². The molecular weight excluding hydrogens is 224 g/mol. The molecule has 0 fully saturated rings. The lowest BCUT2D eigenvalue weighted by atomic mass is 9.99. The highest BCUT2D eigenvalue weighted by Gasteiger charge is 2.14. The normalized spacial score (nSPS) is 14.8. The topological polar surface area (TPSA) is 32.3 Å². The van der Waals surface area contributed by atoms with Gasteiger partial charge >= 0.3 is 0 Å². The fourth-order valence-corrected chi connectivity index (χ4v) is 2.16. The molecule has 0 spiro atoms. The molecule has 0 unspecified atom stereocenters. The van der Waals surface area contributed by atoms with Crippen molar-refractivity contribution < 1.29 is 4.79 Å². The van der Waals surface area contributed by atoms with Gasteiger partial charge in [0.15, 0.2) is 0 Å². The van der Waals surface area contributed by atoms with Crippen molar-refractivity contribution in [2.45, 2.75) is 39.2 Å². The van der Waals surface area contributed by atoms with Crippen molar-refractivity contribution >= 4 is 11.6 Å². The minimum atomic E-state index is 0.134. The van der Waals surface area contributed by atoms with Crippen molar-refractivity contribution in [3.63, 3.8) is 0 Å². The predicted octanol–water partition coefficient (Wildman–Crippen LogP) is 2.45. The lowest BCUT2D eigenvalue weighted by Crippen LogP contribution is -2.28. The number of anilines is 1. The molecule has 0 aliphatic carbocycles. The number of nitrogens with zero attached hydrogens (tertiary/aromatic N) is 1. The molecule has 1 aliphatic rings. The number of rotatable bonds is 4. The van der Waals surface area contributed by atoms with E-state index in [-0.39, 0.29) is 5.91 Å². The number of hydrogen-bond donors (Lipinski definition) is 1. The third-order valence-corrected chi connectivity index (χ3v) is 3.70. The summed E-state index contributed by atoms with van der Waals surface area (Å²) in [6.45, 7) is 5.49. The van der Waals surface area contributed by atoms with E-state index in [1.54, 1.807) is 0 Å². The second kappa shape index (κ2) is 5.53. The van der Waals surface area contributed by atoms with Crippen molar-refractivity contribution in [3.05, 3.63) is 29.3 Å². The van der Waals surface area contributed by atoms with Crippen LogP contribution in [0.4, 0.5) is 5.69 Å². The van der Waals surface area contributed by atoms with Gasteiger partial charge in [0.25, 0.3) is 0 Å². The van der Waals surface area contributed by atoms with Gasteiger partial charge in [0.2, 0.25) is 5.91 Å². The number of carbonyl (C=O) groups is 1. The SMILES string of the molecule is CC(C)N(C)CCc1ccc2c(c1)CCC(=O)N2. The van der Waals surface area contributed by atoms with Crippen LogP contribution in [0.1, 0.15) is 31.4 Å². The summed E-state index contributed by atoms with van der Waals surface area (Å²) in [5.74, 6) is 0.134. The van der Waals surface area contributed by atoms with Gasteiger partial charge in [0, 0.05) is 24.7 Å². The second-order valence-corrected chi connectivity index (χ2v) is 5.36. The molecule has 0 atom stereocenters. The molecule has 1 aromatic carbocycles. The number of carbonyl (C=O) groups excluding carboxylic acids is 1. The first-order valence-electron chi connectivity index (χ1n) is 6.68. The second-order valence-electron chi connectivity index (χ2n) is 5.36. The maximum absolute atomic E-state index is 11.3. The average molecular weight is 246 g/mol. The molecule has 1 aromatic rings. The maximum Gasteiger partial charge on any atom is 0.224 e. The Morgan fingerprint density at radius 1 is 1.33 bits per heavy atom. The van der Waals surface area contributed by atoms with E-state index in [2.05, 4.69) is 43.2 Å². The molecule has 98 valence electrons. The number of nitrogens with one attached hydrogen (secondary N) is 1. The Morgan fingerprint density at radius 2 is 2.11 bits per heavy atom. The van der Waals surface area contributed by atoms with E-state index in [9.17, 15) is 4.79 Å². The molecule has 0 radical (unpaired) electrons. The third-order valence-electron chi connectivity index (χ3n) is 3.70. The van der Waals surface area contributed by atoms with Crippen molar-refractivity contribution in [2.24, 2.45) is 0 Å². The lowest BCUT2D eigenvalue weighted by molar-refractivity contribution is -0.116. The molecule has 1 heterocycles. The summed E-state index contributed by atoms with van der Waals surface area (Å²) in [6.07, 6.45) is 2.55. The minimum absolute atomic E-state index is 0.134. The summed E-state index contributed by atoms with van der Waals surface area (Å²) in [5.41, 5.74) is 3.63. The molecule has 1 aliphatic heterocycles. The van der Waals surface area contributed by atoms with Crippen LogP contribution in [-0.2, 0) is 17.6 Å². The monoisotopic (exact) mass is 246 g/mol. The van der Waals surface area contributed by atoms with Gasteiger partial charge in [-0.05, 0) is 50.9 Å². The molecule has 0 aromatic heterocycles. The van der Waals surface area contributed by atoms with E-state index in [1.807, 2.05) is 6.07 Å². The van der Waals surface area contributed by atoms with Crippen molar-refractivity contribution in [3.8, 4) is 0 Å². The van der Waals surface area contributed by atoms with Crippen LogP contribution in [-0.4, -0.2) is 30.4 Å². The van der Waals surface area contributed by atoms with E-state index in [4.69, 9.17) is 0 Å². The molecule has 0 bridgehead atoms. The van der Waals surface area contributed by atoms with Crippen LogP contribution in [0.2, 0.25) is 0 Å². The van der Waals surface area contributed by atoms with Gasteiger partial charge in [-0.25, -0.2) is 0 Å². The van der Waals surface area contributed by atoms with Crippen LogP contribution in [0.25, 0.3) is 0 Å². The zero-order valence-corrected chi connectivity index (χ0v) is 11.5. The Hall–Kier alpha value is -1.35. The van der Waals surface area contributed by atoms with Crippen molar-refractivity contribution in [1.82, 2.24) is 4.90 Å². The van der Waals surface area contributed by atoms with E-state index in [0.717, 1.165) is 25.1 Å². The molecule has 1 N–H and O–H groups in total. The number of fused-ring (bicyclic) bond motifs is 1. The van der Waals surface area contributed by atoms with Crippen LogP contribution >= 0.6 is 0 Å². The van der Waals surface area contributed by atoms with Gasteiger partial charge < -0.3 is 10.2 Å². The molecular formula is C15H22N2O. The van der Waals surface area contributed by atoms with Crippen LogP contribution in [0, 0.1) is 0 Å². The first-order valence-corrected chi connectivity index (χ1v) is 6.68. The molecule has 3 nitrogen and oxygen atoms in total. The Morgan fingerprint density at radius 3 is 2.83 bits per heavy atom. The fourth-order valence-electron chi connectivity index (χ4n) is 2.16. The minimum Gasteiger partial charge on any atom is -0.326 e. The summed E-state index contributed by atoms with van der Waals surface area (Å²) in [5, 5.41) is 2.92. The Kier molecular flexibility index (Phi) is 4.02. The van der Waals surface area contributed by atoms with Crippen LogP contribution in [0.3, 0.4) is 0 Å². The maximum atomic E-state index is 11.3. The van der Waals surface area contributed by atoms with Gasteiger partial charge in [0.05, 0.1) is 0 Å². The summed E-state index contributed by atoms with van der Waals surface area (Å²) < 4.78 is 0.